The number of nitrogens with one attached hydrogen (secondary N) is 1. The van der Waals surface area contributed by atoms with Crippen LogP contribution in [0.2, 0.25) is 0 Å². The largest absolute Gasteiger partial charge is 0.416 e. The molecule has 1 aliphatic heterocycles. The minimum atomic E-state index is -4.30. The van der Waals surface area contributed by atoms with E-state index in [9.17, 15) is 13.2 Å². The third-order valence-electron chi connectivity index (χ3n) is 3.85. The molecule has 0 spiro atoms. The highest BCUT2D eigenvalue weighted by Crippen LogP contribution is 2.31. The van der Waals surface area contributed by atoms with Crippen molar-refractivity contribution in [2.24, 2.45) is 0 Å². The molecule has 1 aromatic carbocycles. The fraction of sp³-hybridized carbons (Fsp3) is 0.438. The fourth-order valence-electron chi connectivity index (χ4n) is 2.70. The smallest absolute Gasteiger partial charge is 0.312 e. The summed E-state index contributed by atoms with van der Waals surface area (Å²) < 4.78 is 37.8. The predicted octanol–water partition coefficient (Wildman–Crippen LogP) is 3.62. The van der Waals surface area contributed by atoms with Crippen LogP contribution < -0.4 is 5.32 Å². The lowest BCUT2D eigenvalue weighted by atomic mass is 10.1. The number of hydrogen-bond acceptors (Lipinski definition) is 4. The third-order valence-corrected chi connectivity index (χ3v) is 4.79. The van der Waals surface area contributed by atoms with Crippen molar-refractivity contribution in [2.75, 3.05) is 19.6 Å². The van der Waals surface area contributed by atoms with Gasteiger partial charge in [0.05, 0.1) is 11.3 Å². The molecular formula is C16H18F3N3S. The molecule has 3 nitrogen and oxygen atoms in total. The number of alkyl halides is 3. The molecule has 0 saturated carbocycles. The van der Waals surface area contributed by atoms with Crippen LogP contribution in [-0.4, -0.2) is 35.6 Å². The van der Waals surface area contributed by atoms with E-state index in [1.807, 2.05) is 5.38 Å². The molecule has 0 bridgehead atoms. The van der Waals surface area contributed by atoms with Crippen LogP contribution >= 0.6 is 11.3 Å². The Kier molecular flexibility index (Phi) is 4.70. The van der Waals surface area contributed by atoms with Gasteiger partial charge in [0.2, 0.25) is 0 Å². The van der Waals surface area contributed by atoms with Crippen LogP contribution in [0.1, 0.15) is 18.2 Å². The first-order chi connectivity index (χ1) is 10.9. The number of benzene rings is 1. The van der Waals surface area contributed by atoms with Gasteiger partial charge in [0.25, 0.3) is 0 Å². The number of halogens is 3. The number of nitrogens with zero attached hydrogens (tertiary/aromatic N) is 2. The molecule has 0 aliphatic carbocycles. The topological polar surface area (TPSA) is 28.2 Å². The summed E-state index contributed by atoms with van der Waals surface area (Å²) in [7, 11) is 0. The Morgan fingerprint density at radius 1 is 1.30 bits per heavy atom. The van der Waals surface area contributed by atoms with Crippen LogP contribution in [0.5, 0.6) is 0 Å². The molecule has 1 fully saturated rings. The van der Waals surface area contributed by atoms with Gasteiger partial charge in [-0.05, 0) is 19.1 Å². The van der Waals surface area contributed by atoms with Crippen molar-refractivity contribution in [3.8, 4) is 10.6 Å². The zero-order valence-corrected chi connectivity index (χ0v) is 13.5. The number of rotatable bonds is 3. The molecule has 124 valence electrons. The summed E-state index contributed by atoms with van der Waals surface area (Å²) in [6, 6.07) is 5.65. The van der Waals surface area contributed by atoms with Gasteiger partial charge in [-0.3, -0.25) is 4.90 Å². The highest BCUT2D eigenvalue weighted by atomic mass is 32.1. The SMILES string of the molecule is C[C@H]1CN(Cc2csc(-c3ccc(C(F)(F)F)cc3)n2)CCN1. The molecular weight excluding hydrogens is 323 g/mol. The summed E-state index contributed by atoms with van der Waals surface area (Å²) in [6.07, 6.45) is -4.30. The summed E-state index contributed by atoms with van der Waals surface area (Å²) in [6.45, 7) is 5.87. The fourth-order valence-corrected chi connectivity index (χ4v) is 3.52. The Bertz CT molecular complexity index is 651. The highest BCUT2D eigenvalue weighted by molar-refractivity contribution is 7.13. The number of thiazole rings is 1. The van der Waals surface area contributed by atoms with Crippen molar-refractivity contribution in [2.45, 2.75) is 25.7 Å². The Hall–Kier alpha value is -1.44. The highest BCUT2D eigenvalue weighted by Gasteiger charge is 2.30. The van der Waals surface area contributed by atoms with E-state index in [2.05, 4.69) is 22.1 Å². The Balaban J connectivity index is 1.69. The first-order valence-corrected chi connectivity index (χ1v) is 8.37. The molecule has 7 heteroatoms. The van der Waals surface area contributed by atoms with Gasteiger partial charge in [0.15, 0.2) is 0 Å². The van der Waals surface area contributed by atoms with Crippen molar-refractivity contribution >= 4 is 11.3 Å². The summed E-state index contributed by atoms with van der Waals surface area (Å²) in [4.78, 5) is 6.91. The van der Waals surface area contributed by atoms with Gasteiger partial charge in [-0.2, -0.15) is 13.2 Å². The molecule has 1 atom stereocenters. The van der Waals surface area contributed by atoms with Crippen molar-refractivity contribution in [3.05, 3.63) is 40.9 Å². The minimum absolute atomic E-state index is 0.469. The normalized spacial score (nSPS) is 19.9. The summed E-state index contributed by atoms with van der Waals surface area (Å²) in [5.74, 6) is 0. The van der Waals surface area contributed by atoms with Crippen LogP contribution in [0.25, 0.3) is 10.6 Å². The minimum Gasteiger partial charge on any atom is -0.312 e. The van der Waals surface area contributed by atoms with Crippen LogP contribution in [-0.2, 0) is 12.7 Å². The molecule has 23 heavy (non-hydrogen) atoms. The van der Waals surface area contributed by atoms with Gasteiger partial charge in [0, 0.05) is 43.2 Å². The molecule has 1 saturated heterocycles. The van der Waals surface area contributed by atoms with E-state index >= 15 is 0 Å². The molecule has 3 rings (SSSR count). The quantitative estimate of drug-likeness (QED) is 0.924. The average molecular weight is 341 g/mol. The van der Waals surface area contributed by atoms with Gasteiger partial charge in [-0.25, -0.2) is 4.98 Å². The molecule has 0 amide bonds. The molecule has 1 aliphatic rings. The average Bonchev–Trinajstić information content (AvgIpc) is 2.95. The van der Waals surface area contributed by atoms with E-state index in [1.165, 1.54) is 23.5 Å². The lowest BCUT2D eigenvalue weighted by molar-refractivity contribution is -0.137. The second-order valence-electron chi connectivity index (χ2n) is 5.81. The van der Waals surface area contributed by atoms with Crippen LogP contribution in [0.3, 0.4) is 0 Å². The lowest BCUT2D eigenvalue weighted by Gasteiger charge is -2.31. The van der Waals surface area contributed by atoms with Crippen molar-refractivity contribution in [3.63, 3.8) is 0 Å². The molecule has 2 aromatic rings. The van der Waals surface area contributed by atoms with E-state index in [0.717, 1.165) is 54.6 Å². The van der Waals surface area contributed by atoms with E-state index in [1.54, 1.807) is 0 Å². The zero-order chi connectivity index (χ0) is 16.4. The summed E-state index contributed by atoms with van der Waals surface area (Å²) in [5.41, 5.74) is 1.06. The van der Waals surface area contributed by atoms with Gasteiger partial charge < -0.3 is 5.32 Å². The Labute approximate surface area is 137 Å². The molecule has 1 N–H and O–H groups in total. The first kappa shape index (κ1) is 16.4. The maximum absolute atomic E-state index is 12.6. The van der Waals surface area contributed by atoms with Gasteiger partial charge in [-0.15, -0.1) is 11.3 Å². The first-order valence-electron chi connectivity index (χ1n) is 7.49. The van der Waals surface area contributed by atoms with Gasteiger partial charge in [-0.1, -0.05) is 12.1 Å². The second-order valence-corrected chi connectivity index (χ2v) is 6.67. The lowest BCUT2D eigenvalue weighted by Crippen LogP contribution is -2.48. The van der Waals surface area contributed by atoms with E-state index in [0.29, 0.717) is 6.04 Å². The summed E-state index contributed by atoms with van der Waals surface area (Å²) in [5, 5.41) is 6.14. The standard InChI is InChI=1S/C16H18F3N3S/c1-11-8-22(7-6-20-11)9-14-10-23-15(21-14)12-2-4-13(5-3-12)16(17,18)19/h2-5,10-11,20H,6-9H2,1H3/t11-/m0/s1. The van der Waals surface area contributed by atoms with E-state index in [-0.39, 0.29) is 0 Å². The summed E-state index contributed by atoms with van der Waals surface area (Å²) >= 11 is 1.47. The number of piperazine rings is 1. The maximum Gasteiger partial charge on any atom is 0.416 e. The van der Waals surface area contributed by atoms with Crippen molar-refractivity contribution in [1.82, 2.24) is 15.2 Å². The maximum atomic E-state index is 12.6. The molecule has 0 unspecified atom stereocenters. The van der Waals surface area contributed by atoms with Crippen LogP contribution in [0, 0.1) is 0 Å². The molecule has 2 heterocycles. The van der Waals surface area contributed by atoms with Crippen molar-refractivity contribution < 1.29 is 13.2 Å². The van der Waals surface area contributed by atoms with Crippen molar-refractivity contribution in [1.29, 1.82) is 0 Å². The Morgan fingerprint density at radius 2 is 2.04 bits per heavy atom. The Morgan fingerprint density at radius 3 is 2.70 bits per heavy atom. The van der Waals surface area contributed by atoms with Crippen LogP contribution in [0.4, 0.5) is 13.2 Å². The van der Waals surface area contributed by atoms with Gasteiger partial charge >= 0.3 is 6.18 Å². The van der Waals surface area contributed by atoms with Gasteiger partial charge in [0.1, 0.15) is 5.01 Å². The predicted molar refractivity (Wildman–Crippen MR) is 85.3 cm³/mol. The van der Waals surface area contributed by atoms with Crippen LogP contribution in [0.15, 0.2) is 29.6 Å². The monoisotopic (exact) mass is 341 g/mol. The zero-order valence-electron chi connectivity index (χ0n) is 12.7. The number of hydrogen-bond donors (Lipinski definition) is 1. The number of aromatic nitrogens is 1. The van der Waals surface area contributed by atoms with E-state index in [4.69, 9.17) is 0 Å². The molecule has 1 aromatic heterocycles. The second kappa shape index (κ2) is 6.59. The molecule has 0 radical (unpaired) electrons. The third kappa shape index (κ3) is 4.10. The van der Waals surface area contributed by atoms with E-state index < -0.39 is 11.7 Å².